The summed E-state index contributed by atoms with van der Waals surface area (Å²) in [4.78, 5) is 25.2. The molecule has 1 aliphatic heterocycles. The van der Waals surface area contributed by atoms with Crippen LogP contribution >= 0.6 is 0 Å². The summed E-state index contributed by atoms with van der Waals surface area (Å²) >= 11 is 0. The van der Waals surface area contributed by atoms with Crippen molar-refractivity contribution in [2.75, 3.05) is 39.5 Å². The second kappa shape index (κ2) is 12.7. The topological polar surface area (TPSA) is 110 Å². The van der Waals surface area contributed by atoms with Crippen molar-refractivity contribution < 1.29 is 14.6 Å². The Balaban J connectivity index is 1.48. The molecule has 1 saturated heterocycles. The number of nitrogens with two attached hydrogens (primary N) is 1. The fourth-order valence-corrected chi connectivity index (χ4v) is 5.24. The number of fused-ring (bicyclic) bond motifs is 1. The SMILES string of the molecule is CC(C)n1c(C#CC2(O)CCN(C(=O)/C=C/CN(C)C)CC2)c(-c2ccc(Oc3ccccc3)cc2)c2c(N)ncnc21. The molecule has 0 unspecified atom stereocenters. The van der Waals surface area contributed by atoms with Gasteiger partial charge in [-0.3, -0.25) is 4.79 Å². The number of nitrogens with zero attached hydrogens (tertiary/aromatic N) is 5. The zero-order valence-corrected chi connectivity index (χ0v) is 25.1. The van der Waals surface area contributed by atoms with Crippen molar-refractivity contribution in [2.45, 2.75) is 38.3 Å². The molecule has 3 heterocycles. The molecule has 9 heteroatoms. The highest BCUT2D eigenvalue weighted by Crippen LogP contribution is 2.39. The van der Waals surface area contributed by atoms with Crippen LogP contribution in [0.15, 0.2) is 73.1 Å². The molecule has 0 spiro atoms. The van der Waals surface area contributed by atoms with E-state index in [1.165, 1.54) is 6.33 Å². The molecule has 5 rings (SSSR count). The van der Waals surface area contributed by atoms with Crippen molar-refractivity contribution >= 4 is 22.8 Å². The maximum absolute atomic E-state index is 12.6. The number of likely N-dealkylation sites (N-methyl/N-ethyl adjacent to an activating group) is 1. The number of amides is 1. The molecule has 1 fully saturated rings. The second-order valence-corrected chi connectivity index (χ2v) is 11.4. The summed E-state index contributed by atoms with van der Waals surface area (Å²) in [6.45, 7) is 5.67. The van der Waals surface area contributed by atoms with Crippen molar-refractivity contribution in [1.29, 1.82) is 0 Å². The van der Waals surface area contributed by atoms with Crippen molar-refractivity contribution in [3.63, 3.8) is 0 Å². The summed E-state index contributed by atoms with van der Waals surface area (Å²) in [5.41, 5.74) is 8.28. The first kappa shape index (κ1) is 29.8. The van der Waals surface area contributed by atoms with Gasteiger partial charge in [0.05, 0.1) is 5.39 Å². The average molecular weight is 579 g/mol. The maximum atomic E-state index is 12.6. The molecule has 0 saturated carbocycles. The molecule has 4 aromatic rings. The third-order valence-corrected chi connectivity index (χ3v) is 7.50. The average Bonchev–Trinajstić information content (AvgIpc) is 3.33. The van der Waals surface area contributed by atoms with E-state index in [-0.39, 0.29) is 11.9 Å². The number of piperidine rings is 1. The lowest BCUT2D eigenvalue weighted by Gasteiger charge is -2.34. The molecule has 9 nitrogen and oxygen atoms in total. The Morgan fingerprint density at radius 3 is 2.42 bits per heavy atom. The number of hydrogen-bond acceptors (Lipinski definition) is 7. The molecule has 43 heavy (non-hydrogen) atoms. The van der Waals surface area contributed by atoms with Gasteiger partial charge in [0.1, 0.15) is 40.6 Å². The van der Waals surface area contributed by atoms with Crippen molar-refractivity contribution in [2.24, 2.45) is 0 Å². The smallest absolute Gasteiger partial charge is 0.246 e. The quantitative estimate of drug-likeness (QED) is 0.238. The number of rotatable bonds is 7. The maximum Gasteiger partial charge on any atom is 0.246 e. The number of aromatic nitrogens is 3. The number of para-hydroxylation sites is 1. The summed E-state index contributed by atoms with van der Waals surface area (Å²) < 4.78 is 8.05. The minimum absolute atomic E-state index is 0.0126. The predicted molar refractivity (Wildman–Crippen MR) is 170 cm³/mol. The van der Waals surface area contributed by atoms with Crippen molar-refractivity contribution in [3.8, 4) is 34.5 Å². The van der Waals surface area contributed by atoms with E-state index in [9.17, 15) is 9.90 Å². The lowest BCUT2D eigenvalue weighted by molar-refractivity contribution is -0.128. The van der Waals surface area contributed by atoms with Crippen LogP contribution in [0.2, 0.25) is 0 Å². The van der Waals surface area contributed by atoms with Crippen LogP contribution in [-0.4, -0.2) is 74.7 Å². The highest BCUT2D eigenvalue weighted by atomic mass is 16.5. The summed E-state index contributed by atoms with van der Waals surface area (Å²) in [5.74, 6) is 8.25. The van der Waals surface area contributed by atoms with E-state index >= 15 is 0 Å². The lowest BCUT2D eigenvalue weighted by Crippen LogP contribution is -2.45. The van der Waals surface area contributed by atoms with Crippen LogP contribution in [0.3, 0.4) is 0 Å². The number of ether oxygens (including phenoxy) is 1. The van der Waals surface area contributed by atoms with E-state index in [1.54, 1.807) is 11.0 Å². The number of aliphatic hydroxyl groups is 1. The lowest BCUT2D eigenvalue weighted by atomic mass is 9.91. The standard InChI is InChI=1S/C34H38N6O3/c1-24(2)40-28(16-17-34(42)18-21-39(22-19-34)29(41)11-8-20-38(3)4)30(31-32(35)36-23-37-33(31)40)25-12-14-27(15-13-25)43-26-9-6-5-7-10-26/h5-15,23-24,42H,18-22H2,1-4H3,(H2,35,36,37)/b11-8+. The summed E-state index contributed by atoms with van der Waals surface area (Å²) in [7, 11) is 3.91. The van der Waals surface area contributed by atoms with E-state index in [4.69, 9.17) is 10.5 Å². The Bertz CT molecular complexity index is 1670. The first-order valence-corrected chi connectivity index (χ1v) is 14.5. The highest BCUT2D eigenvalue weighted by Gasteiger charge is 2.32. The minimum Gasteiger partial charge on any atom is -0.457 e. The fourth-order valence-electron chi connectivity index (χ4n) is 5.24. The van der Waals surface area contributed by atoms with Crippen LogP contribution in [-0.2, 0) is 4.79 Å². The van der Waals surface area contributed by atoms with Crippen LogP contribution < -0.4 is 10.5 Å². The molecular weight excluding hydrogens is 540 g/mol. The Kier molecular flexibility index (Phi) is 8.81. The van der Waals surface area contributed by atoms with Gasteiger partial charge in [-0.15, -0.1) is 0 Å². The molecule has 3 N–H and O–H groups in total. The Hall–Kier alpha value is -4.65. The fraction of sp³-hybridized carbons (Fsp3) is 0.324. The summed E-state index contributed by atoms with van der Waals surface area (Å²) in [6.07, 6.45) is 5.63. The van der Waals surface area contributed by atoms with Gasteiger partial charge >= 0.3 is 0 Å². The number of benzene rings is 2. The van der Waals surface area contributed by atoms with Gasteiger partial charge in [0, 0.05) is 50.2 Å². The van der Waals surface area contributed by atoms with Crippen LogP contribution in [0.25, 0.3) is 22.2 Å². The van der Waals surface area contributed by atoms with Crippen molar-refractivity contribution in [1.82, 2.24) is 24.3 Å². The van der Waals surface area contributed by atoms with Gasteiger partial charge < -0.3 is 29.9 Å². The first-order valence-electron chi connectivity index (χ1n) is 14.5. The molecule has 2 aromatic heterocycles. The molecule has 0 radical (unpaired) electrons. The molecule has 1 aliphatic rings. The van der Waals surface area contributed by atoms with Gasteiger partial charge in [-0.05, 0) is 63.7 Å². The zero-order valence-electron chi connectivity index (χ0n) is 25.1. The molecular formula is C34H38N6O3. The number of likely N-dealkylation sites (tertiary alicyclic amines) is 1. The number of carbonyl (C=O) groups is 1. The van der Waals surface area contributed by atoms with E-state index in [0.29, 0.717) is 60.8 Å². The normalized spacial score (nSPS) is 14.8. The van der Waals surface area contributed by atoms with Crippen LogP contribution in [0, 0.1) is 11.8 Å². The van der Waals surface area contributed by atoms with E-state index in [2.05, 4.69) is 35.7 Å². The molecule has 2 aromatic carbocycles. The Morgan fingerprint density at radius 2 is 1.77 bits per heavy atom. The third kappa shape index (κ3) is 6.72. The Labute approximate surface area is 252 Å². The molecule has 0 aliphatic carbocycles. The van der Waals surface area contributed by atoms with Gasteiger partial charge in [0.25, 0.3) is 0 Å². The summed E-state index contributed by atoms with van der Waals surface area (Å²) in [6, 6.07) is 17.4. The molecule has 222 valence electrons. The first-order chi connectivity index (χ1) is 20.6. The van der Waals surface area contributed by atoms with Crippen LogP contribution in [0.4, 0.5) is 5.82 Å². The Morgan fingerprint density at radius 1 is 1.09 bits per heavy atom. The van der Waals surface area contributed by atoms with Gasteiger partial charge in [-0.25, -0.2) is 9.97 Å². The number of nitrogen functional groups attached to an aromatic ring is 1. The third-order valence-electron chi connectivity index (χ3n) is 7.50. The van der Waals surface area contributed by atoms with Crippen molar-refractivity contribution in [3.05, 3.63) is 78.8 Å². The molecule has 0 atom stereocenters. The largest absolute Gasteiger partial charge is 0.457 e. The van der Waals surface area contributed by atoms with Gasteiger partial charge in [0.15, 0.2) is 0 Å². The van der Waals surface area contributed by atoms with E-state index < -0.39 is 5.60 Å². The van der Waals surface area contributed by atoms with Gasteiger partial charge in [0.2, 0.25) is 5.91 Å². The minimum atomic E-state index is -1.23. The van der Waals surface area contributed by atoms with Crippen LogP contribution in [0.1, 0.15) is 38.4 Å². The van der Waals surface area contributed by atoms with Gasteiger partial charge in [-0.1, -0.05) is 42.3 Å². The summed E-state index contributed by atoms with van der Waals surface area (Å²) in [5, 5.41) is 12.2. The predicted octanol–water partition coefficient (Wildman–Crippen LogP) is 4.88. The highest BCUT2D eigenvalue weighted by molar-refractivity contribution is 6.03. The van der Waals surface area contributed by atoms with Gasteiger partial charge in [-0.2, -0.15) is 0 Å². The molecule has 0 bridgehead atoms. The second-order valence-electron chi connectivity index (χ2n) is 11.4. The van der Waals surface area contributed by atoms with E-state index in [0.717, 1.165) is 16.9 Å². The number of carbonyl (C=O) groups excluding carboxylic acids is 1. The monoisotopic (exact) mass is 578 g/mol. The number of hydrogen-bond donors (Lipinski definition) is 2. The van der Waals surface area contributed by atoms with E-state index in [1.807, 2.05) is 84.2 Å². The number of anilines is 1. The molecule has 1 amide bonds. The zero-order chi connectivity index (χ0) is 30.6. The van der Waals surface area contributed by atoms with Crippen LogP contribution in [0.5, 0.6) is 11.5 Å².